The van der Waals surface area contributed by atoms with Crippen molar-refractivity contribution in [3.8, 4) is 0 Å². The topological polar surface area (TPSA) is 72.5 Å². The quantitative estimate of drug-likeness (QED) is 0.860. The number of rotatable bonds is 3. The molecule has 29 heavy (non-hydrogen) atoms. The van der Waals surface area contributed by atoms with E-state index in [2.05, 4.69) is 9.97 Å². The second-order valence-corrected chi connectivity index (χ2v) is 8.20. The van der Waals surface area contributed by atoms with Crippen molar-refractivity contribution in [2.75, 3.05) is 33.7 Å². The summed E-state index contributed by atoms with van der Waals surface area (Å²) in [5, 5.41) is 0. The molecule has 1 aromatic carbocycles. The molecule has 7 nitrogen and oxygen atoms in total. The molecular formula is C21H26FN5O2. The van der Waals surface area contributed by atoms with Crippen LogP contribution in [0.5, 0.6) is 0 Å². The highest BCUT2D eigenvalue weighted by atomic mass is 19.1. The number of nitrogens with zero attached hydrogens (tertiary/aromatic N) is 4. The van der Waals surface area contributed by atoms with Crippen molar-refractivity contribution in [2.24, 2.45) is 11.8 Å². The van der Waals surface area contributed by atoms with Crippen molar-refractivity contribution >= 4 is 11.9 Å². The molecule has 4 rings (SSSR count). The van der Waals surface area contributed by atoms with Gasteiger partial charge in [0.1, 0.15) is 5.82 Å². The van der Waals surface area contributed by atoms with Gasteiger partial charge in [0.2, 0.25) is 5.91 Å². The van der Waals surface area contributed by atoms with Crippen LogP contribution >= 0.6 is 0 Å². The molecule has 0 bridgehead atoms. The molecule has 0 saturated carbocycles. The normalized spacial score (nSPS) is 23.4. The first kappa shape index (κ1) is 19.4. The second kappa shape index (κ2) is 7.50. The minimum absolute atomic E-state index is 0.0399. The van der Waals surface area contributed by atoms with Gasteiger partial charge >= 0.3 is 6.03 Å². The molecule has 1 N–H and O–H groups in total. The highest BCUT2D eigenvalue weighted by molar-refractivity contribution is 5.79. The number of amides is 3. The van der Waals surface area contributed by atoms with Crippen molar-refractivity contribution in [2.45, 2.75) is 19.4 Å². The molecule has 0 unspecified atom stereocenters. The van der Waals surface area contributed by atoms with Crippen LogP contribution in [0.25, 0.3) is 0 Å². The summed E-state index contributed by atoms with van der Waals surface area (Å²) >= 11 is 0. The first-order chi connectivity index (χ1) is 13.8. The molecule has 3 atom stereocenters. The average molecular weight is 399 g/mol. The van der Waals surface area contributed by atoms with Gasteiger partial charge in [-0.25, -0.2) is 14.2 Å². The Morgan fingerprint density at radius 2 is 2.07 bits per heavy atom. The molecule has 3 heterocycles. The number of imidazole rings is 1. The summed E-state index contributed by atoms with van der Waals surface area (Å²) in [5.41, 5.74) is 2.45. The standard InChI is InChI=1S/C21H26FN5O2/c1-13-18(24-12-23-13)8-19(28)26-9-15-10-27(21(29)25(2)3)20(17(15)11-26)14-5-4-6-16(22)7-14/h4-7,12,15,17,20H,8-11H2,1-3H3,(H,23,24)/t15-,17-,20+/m1/s1. The van der Waals surface area contributed by atoms with Crippen LogP contribution in [-0.4, -0.2) is 70.3 Å². The fourth-order valence-electron chi connectivity index (χ4n) is 4.64. The molecule has 0 radical (unpaired) electrons. The molecule has 0 aliphatic carbocycles. The Hall–Kier alpha value is -2.90. The molecule has 2 aromatic rings. The van der Waals surface area contributed by atoms with E-state index in [0.717, 1.165) is 17.0 Å². The number of carbonyl (C=O) groups excluding carboxylic acids is 2. The lowest BCUT2D eigenvalue weighted by molar-refractivity contribution is -0.129. The summed E-state index contributed by atoms with van der Waals surface area (Å²) < 4.78 is 13.9. The molecule has 154 valence electrons. The minimum atomic E-state index is -0.317. The minimum Gasteiger partial charge on any atom is -0.348 e. The van der Waals surface area contributed by atoms with Gasteiger partial charge in [0.25, 0.3) is 0 Å². The van der Waals surface area contributed by atoms with Gasteiger partial charge in [-0.15, -0.1) is 0 Å². The Bertz CT molecular complexity index is 927. The van der Waals surface area contributed by atoms with Gasteiger partial charge in [-0.2, -0.15) is 0 Å². The lowest BCUT2D eigenvalue weighted by atomic mass is 9.89. The first-order valence-corrected chi connectivity index (χ1v) is 9.85. The molecule has 0 spiro atoms. The van der Waals surface area contributed by atoms with E-state index in [-0.39, 0.29) is 42.1 Å². The van der Waals surface area contributed by atoms with Gasteiger partial charge in [0.15, 0.2) is 0 Å². The third-order valence-corrected chi connectivity index (χ3v) is 6.09. The number of fused-ring (bicyclic) bond motifs is 1. The number of likely N-dealkylation sites (tertiary alicyclic amines) is 2. The molecule has 2 fully saturated rings. The van der Waals surface area contributed by atoms with Crippen LogP contribution in [0.2, 0.25) is 0 Å². The number of halogens is 1. The predicted octanol–water partition coefficient (Wildman–Crippen LogP) is 2.21. The number of benzene rings is 1. The largest absolute Gasteiger partial charge is 0.348 e. The molecule has 2 aliphatic rings. The number of hydrogen-bond donors (Lipinski definition) is 1. The molecule has 3 amide bonds. The Labute approximate surface area is 169 Å². The second-order valence-electron chi connectivity index (χ2n) is 8.20. The Balaban J connectivity index is 1.56. The van der Waals surface area contributed by atoms with Crippen LogP contribution in [0.15, 0.2) is 30.6 Å². The zero-order valence-corrected chi connectivity index (χ0v) is 16.9. The number of H-pyrrole nitrogens is 1. The number of urea groups is 1. The van der Waals surface area contributed by atoms with Crippen LogP contribution < -0.4 is 0 Å². The summed E-state index contributed by atoms with van der Waals surface area (Å²) in [6, 6.07) is 6.12. The van der Waals surface area contributed by atoms with Gasteiger partial charge in [-0.05, 0) is 24.6 Å². The number of hydrogen-bond acceptors (Lipinski definition) is 3. The Morgan fingerprint density at radius 1 is 1.28 bits per heavy atom. The average Bonchev–Trinajstić information content (AvgIpc) is 3.35. The fourth-order valence-corrected chi connectivity index (χ4v) is 4.64. The van der Waals surface area contributed by atoms with Crippen molar-refractivity contribution in [3.05, 3.63) is 53.4 Å². The first-order valence-electron chi connectivity index (χ1n) is 9.85. The van der Waals surface area contributed by atoms with Crippen molar-refractivity contribution in [3.63, 3.8) is 0 Å². The lowest BCUT2D eigenvalue weighted by Gasteiger charge is -2.32. The van der Waals surface area contributed by atoms with Crippen LogP contribution in [0.4, 0.5) is 9.18 Å². The maximum Gasteiger partial charge on any atom is 0.320 e. The molecule has 2 saturated heterocycles. The Morgan fingerprint density at radius 3 is 2.72 bits per heavy atom. The van der Waals surface area contributed by atoms with Crippen molar-refractivity contribution in [1.29, 1.82) is 0 Å². The van der Waals surface area contributed by atoms with E-state index in [0.29, 0.717) is 19.6 Å². The van der Waals surface area contributed by atoms with E-state index in [4.69, 9.17) is 0 Å². The highest BCUT2D eigenvalue weighted by Crippen LogP contribution is 2.45. The van der Waals surface area contributed by atoms with Crippen LogP contribution in [-0.2, 0) is 11.2 Å². The number of aromatic nitrogens is 2. The molecule has 1 aromatic heterocycles. The SMILES string of the molecule is Cc1[nH]cnc1CC(=O)N1C[C@@H]2CN(C(=O)N(C)C)[C@@H](c3cccc(F)c3)[C@@H]2C1. The van der Waals surface area contributed by atoms with E-state index < -0.39 is 0 Å². The maximum atomic E-state index is 13.9. The summed E-state index contributed by atoms with van der Waals surface area (Å²) in [6.45, 7) is 3.63. The maximum absolute atomic E-state index is 13.9. The summed E-state index contributed by atoms with van der Waals surface area (Å²) in [5.74, 6) is -0.0115. The van der Waals surface area contributed by atoms with Gasteiger partial charge < -0.3 is 19.7 Å². The summed E-state index contributed by atoms with van der Waals surface area (Å²) in [6.07, 6.45) is 1.86. The highest BCUT2D eigenvalue weighted by Gasteiger charge is 2.50. The van der Waals surface area contributed by atoms with Gasteiger partial charge in [0.05, 0.1) is 24.5 Å². The van der Waals surface area contributed by atoms with Crippen LogP contribution in [0, 0.1) is 24.6 Å². The summed E-state index contributed by atoms with van der Waals surface area (Å²) in [7, 11) is 3.45. The number of aromatic amines is 1. The Kier molecular flexibility index (Phi) is 5.02. The third kappa shape index (κ3) is 3.59. The van der Waals surface area contributed by atoms with Crippen molar-refractivity contribution in [1.82, 2.24) is 24.7 Å². The van der Waals surface area contributed by atoms with E-state index in [1.54, 1.807) is 31.4 Å². The lowest BCUT2D eigenvalue weighted by Crippen LogP contribution is -2.42. The zero-order valence-electron chi connectivity index (χ0n) is 16.9. The van der Waals surface area contributed by atoms with Gasteiger partial charge in [-0.1, -0.05) is 12.1 Å². The van der Waals surface area contributed by atoms with Gasteiger partial charge in [0, 0.05) is 51.3 Å². The number of carbonyl (C=O) groups is 2. The van der Waals surface area contributed by atoms with Crippen molar-refractivity contribution < 1.29 is 14.0 Å². The van der Waals surface area contributed by atoms with Crippen LogP contribution in [0.3, 0.4) is 0 Å². The predicted molar refractivity (Wildman–Crippen MR) is 106 cm³/mol. The molecular weight excluding hydrogens is 373 g/mol. The van der Waals surface area contributed by atoms with Crippen LogP contribution in [0.1, 0.15) is 23.0 Å². The van der Waals surface area contributed by atoms with E-state index in [9.17, 15) is 14.0 Å². The third-order valence-electron chi connectivity index (χ3n) is 6.09. The molecule has 8 heteroatoms. The van der Waals surface area contributed by atoms with Gasteiger partial charge in [-0.3, -0.25) is 4.79 Å². The zero-order chi connectivity index (χ0) is 20.7. The molecule has 2 aliphatic heterocycles. The number of nitrogens with one attached hydrogen (secondary N) is 1. The van der Waals surface area contributed by atoms with E-state index >= 15 is 0 Å². The fraction of sp³-hybridized carbons (Fsp3) is 0.476. The summed E-state index contributed by atoms with van der Waals surface area (Å²) in [4.78, 5) is 38.1. The monoisotopic (exact) mass is 399 g/mol. The van der Waals surface area contributed by atoms with E-state index in [1.807, 2.05) is 22.8 Å². The van der Waals surface area contributed by atoms with E-state index in [1.165, 1.54) is 12.1 Å². The smallest absolute Gasteiger partial charge is 0.320 e. The number of aryl methyl sites for hydroxylation is 1.